The third-order valence-corrected chi connectivity index (χ3v) is 3.45. The van der Waals surface area contributed by atoms with Gasteiger partial charge < -0.3 is 4.74 Å². The summed E-state index contributed by atoms with van der Waals surface area (Å²) in [5.41, 5.74) is 2.21. The lowest BCUT2D eigenvalue weighted by Crippen LogP contribution is -2.06. The molecular weight excluding hydrogens is 308 g/mol. The van der Waals surface area contributed by atoms with Crippen LogP contribution >= 0.6 is 15.9 Å². The van der Waals surface area contributed by atoms with Crippen molar-refractivity contribution in [3.8, 4) is 0 Å². The molecule has 2 rings (SSSR count). The monoisotopic (exact) mass is 322 g/mol. The van der Waals surface area contributed by atoms with E-state index in [9.17, 15) is 4.79 Å². The van der Waals surface area contributed by atoms with Gasteiger partial charge in [0.25, 0.3) is 0 Å². The third-order valence-electron chi connectivity index (χ3n) is 2.68. The van der Waals surface area contributed by atoms with Crippen molar-refractivity contribution in [1.29, 1.82) is 0 Å². The predicted molar refractivity (Wildman–Crippen MR) is 75.8 cm³/mol. The summed E-state index contributed by atoms with van der Waals surface area (Å²) in [6.45, 7) is 2.31. The number of carbonyl (C=O) groups excluding carboxylic acids is 1. The van der Waals surface area contributed by atoms with E-state index in [1.165, 1.54) is 0 Å². The minimum absolute atomic E-state index is 0.232. The van der Waals surface area contributed by atoms with Crippen molar-refractivity contribution >= 4 is 21.9 Å². The van der Waals surface area contributed by atoms with Crippen LogP contribution in [0.2, 0.25) is 0 Å². The van der Waals surface area contributed by atoms with E-state index in [4.69, 9.17) is 4.74 Å². The van der Waals surface area contributed by atoms with Crippen molar-refractivity contribution in [3.63, 3.8) is 0 Å². The van der Waals surface area contributed by atoms with Crippen LogP contribution in [-0.2, 0) is 17.8 Å². The molecule has 0 aliphatic carbocycles. The zero-order valence-electron chi connectivity index (χ0n) is 10.6. The number of H-pyrrole nitrogens is 1. The molecule has 0 unspecified atom stereocenters. The maximum atomic E-state index is 11.8. The molecule has 0 radical (unpaired) electrons. The minimum atomic E-state index is -0.408. The number of hydrogen-bond donors (Lipinski definition) is 1. The summed E-state index contributed by atoms with van der Waals surface area (Å²) < 4.78 is 6.16. The summed E-state index contributed by atoms with van der Waals surface area (Å²) in [4.78, 5) is 11.8. The van der Waals surface area contributed by atoms with E-state index in [1.807, 2.05) is 24.3 Å². The van der Waals surface area contributed by atoms with E-state index in [-0.39, 0.29) is 6.61 Å². The molecular formula is C14H15BrN2O2. The van der Waals surface area contributed by atoms with Crippen molar-refractivity contribution < 1.29 is 9.53 Å². The highest BCUT2D eigenvalue weighted by Crippen LogP contribution is 2.17. The first kappa shape index (κ1) is 13.8. The van der Waals surface area contributed by atoms with Crippen molar-refractivity contribution in [2.75, 3.05) is 0 Å². The summed E-state index contributed by atoms with van der Waals surface area (Å²) >= 11 is 3.41. The van der Waals surface area contributed by atoms with E-state index in [0.29, 0.717) is 5.69 Å². The highest BCUT2D eigenvalue weighted by Gasteiger charge is 2.12. The summed E-state index contributed by atoms with van der Waals surface area (Å²) in [5, 5.41) is 6.80. The molecule has 0 spiro atoms. The summed E-state index contributed by atoms with van der Waals surface area (Å²) in [6.07, 6.45) is 1.89. The number of nitrogens with zero attached hydrogens (tertiary/aromatic N) is 1. The van der Waals surface area contributed by atoms with Crippen LogP contribution in [0.1, 0.15) is 35.1 Å². The fourth-order valence-electron chi connectivity index (χ4n) is 1.70. The van der Waals surface area contributed by atoms with Gasteiger partial charge >= 0.3 is 5.97 Å². The number of rotatable bonds is 5. The van der Waals surface area contributed by atoms with Gasteiger partial charge in [-0.25, -0.2) is 4.79 Å². The minimum Gasteiger partial charge on any atom is -0.456 e. The maximum absolute atomic E-state index is 11.8. The van der Waals surface area contributed by atoms with Crippen LogP contribution in [0.3, 0.4) is 0 Å². The molecule has 1 aromatic carbocycles. The Morgan fingerprint density at radius 1 is 1.42 bits per heavy atom. The quantitative estimate of drug-likeness (QED) is 0.857. The number of ether oxygens (including phenoxy) is 1. The standard InChI is InChI=1S/C14H15BrN2O2/c1-2-5-11-8-13(17-16-11)14(18)19-9-10-6-3-4-7-12(10)15/h3-4,6-8H,2,5,9H2,1H3,(H,16,17). The molecule has 0 saturated carbocycles. The summed E-state index contributed by atoms with van der Waals surface area (Å²) in [7, 11) is 0. The van der Waals surface area contributed by atoms with Gasteiger partial charge in [0, 0.05) is 15.7 Å². The zero-order chi connectivity index (χ0) is 13.7. The molecule has 0 amide bonds. The fourth-order valence-corrected chi connectivity index (χ4v) is 2.10. The molecule has 4 nitrogen and oxygen atoms in total. The van der Waals surface area contributed by atoms with Crippen LogP contribution < -0.4 is 0 Å². The predicted octanol–water partition coefficient (Wildman–Crippen LogP) is 3.48. The van der Waals surface area contributed by atoms with Gasteiger partial charge in [0.1, 0.15) is 6.61 Å². The summed E-state index contributed by atoms with van der Waals surface area (Å²) in [6, 6.07) is 9.38. The van der Waals surface area contributed by atoms with E-state index in [1.54, 1.807) is 6.07 Å². The molecule has 0 atom stereocenters. The van der Waals surface area contributed by atoms with Crippen LogP contribution in [0.15, 0.2) is 34.8 Å². The zero-order valence-corrected chi connectivity index (χ0v) is 12.2. The lowest BCUT2D eigenvalue weighted by Gasteiger charge is -2.04. The number of halogens is 1. The van der Waals surface area contributed by atoms with E-state index >= 15 is 0 Å². The smallest absolute Gasteiger partial charge is 0.359 e. The highest BCUT2D eigenvalue weighted by atomic mass is 79.9. The Kier molecular flexibility index (Phi) is 4.74. The number of hydrogen-bond acceptors (Lipinski definition) is 3. The van der Waals surface area contributed by atoms with Gasteiger partial charge in [-0.1, -0.05) is 47.5 Å². The Morgan fingerprint density at radius 2 is 2.21 bits per heavy atom. The normalized spacial score (nSPS) is 10.4. The Bertz CT molecular complexity index is 566. The molecule has 1 aromatic heterocycles. The van der Waals surface area contributed by atoms with Crippen LogP contribution in [0.4, 0.5) is 0 Å². The van der Waals surface area contributed by atoms with Crippen molar-refractivity contribution in [3.05, 3.63) is 51.8 Å². The molecule has 0 bridgehead atoms. The Balaban J connectivity index is 1.95. The molecule has 19 heavy (non-hydrogen) atoms. The van der Waals surface area contributed by atoms with Crippen LogP contribution in [0.5, 0.6) is 0 Å². The van der Waals surface area contributed by atoms with E-state index in [0.717, 1.165) is 28.6 Å². The molecule has 0 saturated heterocycles. The van der Waals surface area contributed by atoms with Gasteiger partial charge in [-0.2, -0.15) is 5.10 Å². The van der Waals surface area contributed by atoms with Gasteiger partial charge in [-0.3, -0.25) is 5.10 Å². The highest BCUT2D eigenvalue weighted by molar-refractivity contribution is 9.10. The maximum Gasteiger partial charge on any atom is 0.359 e. The molecule has 100 valence electrons. The SMILES string of the molecule is CCCc1cc(C(=O)OCc2ccccc2Br)n[nH]1. The topological polar surface area (TPSA) is 55.0 Å². The van der Waals surface area contributed by atoms with E-state index in [2.05, 4.69) is 33.1 Å². The first-order chi connectivity index (χ1) is 9.20. The van der Waals surface area contributed by atoms with Crippen molar-refractivity contribution in [1.82, 2.24) is 10.2 Å². The number of aromatic amines is 1. The second-order valence-corrected chi connectivity index (χ2v) is 5.05. The van der Waals surface area contributed by atoms with Gasteiger partial charge in [-0.05, 0) is 18.6 Å². The number of benzene rings is 1. The largest absolute Gasteiger partial charge is 0.456 e. The van der Waals surface area contributed by atoms with Crippen LogP contribution in [-0.4, -0.2) is 16.2 Å². The fraction of sp³-hybridized carbons (Fsp3) is 0.286. The Labute approximate surface area is 120 Å². The lowest BCUT2D eigenvalue weighted by molar-refractivity contribution is 0.0465. The number of aryl methyl sites for hydroxylation is 1. The molecule has 1 heterocycles. The molecule has 0 aliphatic heterocycles. The Morgan fingerprint density at radius 3 is 2.95 bits per heavy atom. The van der Waals surface area contributed by atoms with Gasteiger partial charge in [0.15, 0.2) is 5.69 Å². The van der Waals surface area contributed by atoms with Crippen LogP contribution in [0, 0.1) is 0 Å². The molecule has 5 heteroatoms. The first-order valence-corrected chi connectivity index (χ1v) is 6.95. The van der Waals surface area contributed by atoms with Crippen molar-refractivity contribution in [2.24, 2.45) is 0 Å². The number of esters is 1. The third kappa shape index (κ3) is 3.67. The van der Waals surface area contributed by atoms with Gasteiger partial charge in [0.05, 0.1) is 0 Å². The lowest BCUT2D eigenvalue weighted by atomic mass is 10.2. The molecule has 0 fully saturated rings. The van der Waals surface area contributed by atoms with Crippen LogP contribution in [0.25, 0.3) is 0 Å². The molecule has 1 N–H and O–H groups in total. The van der Waals surface area contributed by atoms with Gasteiger partial charge in [0.2, 0.25) is 0 Å². The second-order valence-electron chi connectivity index (χ2n) is 4.20. The molecule has 2 aromatic rings. The molecule has 0 aliphatic rings. The number of aromatic nitrogens is 2. The Hall–Kier alpha value is -1.62. The van der Waals surface area contributed by atoms with E-state index < -0.39 is 5.97 Å². The number of nitrogens with one attached hydrogen (secondary N) is 1. The van der Waals surface area contributed by atoms with Crippen molar-refractivity contribution in [2.45, 2.75) is 26.4 Å². The van der Waals surface area contributed by atoms with Gasteiger partial charge in [-0.15, -0.1) is 0 Å². The summed E-state index contributed by atoms with van der Waals surface area (Å²) in [5.74, 6) is -0.408. The average molecular weight is 323 g/mol. The average Bonchev–Trinajstić information content (AvgIpc) is 2.87. The number of carbonyl (C=O) groups is 1. The second kappa shape index (κ2) is 6.52. The first-order valence-electron chi connectivity index (χ1n) is 6.15.